The molecule has 0 aliphatic heterocycles. The summed E-state index contributed by atoms with van der Waals surface area (Å²) in [6, 6.07) is 19.9. The van der Waals surface area contributed by atoms with Crippen molar-refractivity contribution in [3.8, 4) is 22.9 Å². The molecule has 0 fully saturated rings. The lowest BCUT2D eigenvalue weighted by Gasteiger charge is -2.14. The van der Waals surface area contributed by atoms with Gasteiger partial charge in [0.2, 0.25) is 0 Å². The predicted octanol–water partition coefficient (Wildman–Crippen LogP) is 4.66. The van der Waals surface area contributed by atoms with Crippen molar-refractivity contribution in [3.05, 3.63) is 72.6 Å². The fraction of sp³-hybridized carbons (Fsp3) is 0.174. The second-order valence-electron chi connectivity index (χ2n) is 6.52. The summed E-state index contributed by atoms with van der Waals surface area (Å²) < 4.78 is 18.2. The van der Waals surface area contributed by atoms with Crippen LogP contribution < -0.4 is 19.5 Å². The fourth-order valence-corrected chi connectivity index (χ4v) is 3.36. The minimum Gasteiger partial charge on any atom is -0.497 e. The average Bonchev–Trinajstić information content (AvgIpc) is 3.20. The van der Waals surface area contributed by atoms with Crippen LogP contribution in [-0.4, -0.2) is 30.9 Å². The van der Waals surface area contributed by atoms with Gasteiger partial charge in [0.05, 0.1) is 32.4 Å². The second-order valence-corrected chi connectivity index (χ2v) is 6.52. The van der Waals surface area contributed by atoms with Gasteiger partial charge < -0.3 is 19.5 Å². The summed E-state index contributed by atoms with van der Waals surface area (Å²) in [6.45, 7) is 0.616. The van der Waals surface area contributed by atoms with E-state index in [9.17, 15) is 0 Å². The van der Waals surface area contributed by atoms with Crippen LogP contribution in [0.4, 0.5) is 5.69 Å². The summed E-state index contributed by atoms with van der Waals surface area (Å²) in [5, 5.41) is 3.44. The molecule has 1 heterocycles. The van der Waals surface area contributed by atoms with E-state index in [0.717, 1.165) is 45.2 Å². The normalized spacial score (nSPS) is 10.7. The molecule has 1 N–H and O–H groups in total. The third-order valence-electron chi connectivity index (χ3n) is 4.87. The molecule has 0 bridgehead atoms. The van der Waals surface area contributed by atoms with Crippen LogP contribution in [-0.2, 0) is 6.54 Å². The first kappa shape index (κ1) is 18.7. The zero-order valence-corrected chi connectivity index (χ0v) is 16.7. The maximum atomic E-state index is 5.51. The average molecular weight is 389 g/mol. The topological polar surface area (TPSA) is 57.5 Å². The van der Waals surface area contributed by atoms with Crippen molar-refractivity contribution in [3.63, 3.8) is 0 Å². The number of nitrogens with one attached hydrogen (secondary N) is 1. The summed E-state index contributed by atoms with van der Waals surface area (Å²) in [5.74, 6) is 2.30. The van der Waals surface area contributed by atoms with Gasteiger partial charge in [-0.15, -0.1) is 0 Å². The molecule has 0 saturated carbocycles. The molecule has 0 radical (unpaired) electrons. The molecule has 29 heavy (non-hydrogen) atoms. The number of hydrogen-bond donors (Lipinski definition) is 1. The van der Waals surface area contributed by atoms with Crippen molar-refractivity contribution in [1.82, 2.24) is 9.55 Å². The molecular formula is C23H23N3O3. The van der Waals surface area contributed by atoms with Gasteiger partial charge in [-0.2, -0.15) is 0 Å². The van der Waals surface area contributed by atoms with Crippen LogP contribution in [0.25, 0.3) is 16.7 Å². The molecule has 0 aliphatic rings. The highest BCUT2D eigenvalue weighted by Crippen LogP contribution is 2.31. The van der Waals surface area contributed by atoms with Crippen molar-refractivity contribution in [2.75, 3.05) is 26.6 Å². The third kappa shape index (κ3) is 3.69. The monoisotopic (exact) mass is 389 g/mol. The number of aromatic nitrogens is 2. The number of fused-ring (bicyclic) bond motifs is 1. The molecule has 4 aromatic rings. The Morgan fingerprint density at radius 2 is 1.72 bits per heavy atom. The molecule has 6 nitrogen and oxygen atoms in total. The van der Waals surface area contributed by atoms with E-state index in [0.29, 0.717) is 6.54 Å². The summed E-state index contributed by atoms with van der Waals surface area (Å²) in [6.07, 6.45) is 1.83. The van der Waals surface area contributed by atoms with Gasteiger partial charge in [0.15, 0.2) is 11.5 Å². The largest absolute Gasteiger partial charge is 0.497 e. The number of para-hydroxylation sites is 1. The van der Waals surface area contributed by atoms with Crippen LogP contribution in [0.15, 0.2) is 67.0 Å². The van der Waals surface area contributed by atoms with Gasteiger partial charge in [0.25, 0.3) is 0 Å². The Labute approximate surface area is 169 Å². The Morgan fingerprint density at radius 3 is 2.45 bits per heavy atom. The van der Waals surface area contributed by atoms with E-state index in [1.165, 1.54) is 0 Å². The molecule has 0 aliphatic carbocycles. The zero-order chi connectivity index (χ0) is 20.2. The number of hydrogen-bond acceptors (Lipinski definition) is 5. The van der Waals surface area contributed by atoms with Crippen molar-refractivity contribution in [2.45, 2.75) is 6.54 Å². The van der Waals surface area contributed by atoms with Crippen LogP contribution in [0.5, 0.6) is 17.2 Å². The Hall–Kier alpha value is -3.67. The highest BCUT2D eigenvalue weighted by atomic mass is 16.5. The van der Waals surface area contributed by atoms with Crippen LogP contribution in [0.3, 0.4) is 0 Å². The summed E-state index contributed by atoms with van der Waals surface area (Å²) in [4.78, 5) is 4.56. The van der Waals surface area contributed by atoms with Crippen LogP contribution >= 0.6 is 0 Å². The Kier molecular flexibility index (Phi) is 5.24. The lowest BCUT2D eigenvalue weighted by atomic mass is 10.1. The van der Waals surface area contributed by atoms with Crippen LogP contribution in [0, 0.1) is 0 Å². The molecule has 0 atom stereocenters. The number of imidazole rings is 1. The Bertz CT molecular complexity index is 1120. The number of ether oxygens (including phenoxy) is 3. The highest BCUT2D eigenvalue weighted by Gasteiger charge is 2.10. The van der Waals surface area contributed by atoms with E-state index in [1.807, 2.05) is 54.9 Å². The van der Waals surface area contributed by atoms with E-state index >= 15 is 0 Å². The number of rotatable bonds is 7. The summed E-state index contributed by atoms with van der Waals surface area (Å²) in [5.41, 5.74) is 5.01. The highest BCUT2D eigenvalue weighted by molar-refractivity contribution is 5.81. The van der Waals surface area contributed by atoms with Crippen molar-refractivity contribution >= 4 is 16.7 Å². The van der Waals surface area contributed by atoms with Gasteiger partial charge in [-0.3, -0.25) is 4.57 Å². The lowest BCUT2D eigenvalue weighted by Crippen LogP contribution is -2.03. The van der Waals surface area contributed by atoms with Gasteiger partial charge in [-0.05, 0) is 48.5 Å². The maximum Gasteiger partial charge on any atom is 0.165 e. The SMILES string of the molecule is COc1ccc(-n2cnc3cc(NCc4cccc(OC)c4OC)ccc32)cc1. The quantitative estimate of drug-likeness (QED) is 0.498. The molecule has 0 amide bonds. The van der Waals surface area contributed by atoms with Gasteiger partial charge in [-0.25, -0.2) is 4.98 Å². The number of anilines is 1. The first-order valence-corrected chi connectivity index (χ1v) is 9.28. The molecular weight excluding hydrogens is 366 g/mol. The lowest BCUT2D eigenvalue weighted by molar-refractivity contribution is 0.352. The van der Waals surface area contributed by atoms with Gasteiger partial charge in [0.1, 0.15) is 12.1 Å². The Balaban J connectivity index is 1.56. The first-order valence-electron chi connectivity index (χ1n) is 9.28. The summed E-state index contributed by atoms with van der Waals surface area (Å²) >= 11 is 0. The second kappa shape index (κ2) is 8.14. The third-order valence-corrected chi connectivity index (χ3v) is 4.87. The molecule has 0 unspecified atom stereocenters. The molecule has 0 spiro atoms. The van der Waals surface area contributed by atoms with Crippen molar-refractivity contribution < 1.29 is 14.2 Å². The molecule has 148 valence electrons. The minimum atomic E-state index is 0.616. The van der Waals surface area contributed by atoms with E-state index in [2.05, 4.69) is 27.0 Å². The van der Waals surface area contributed by atoms with E-state index in [4.69, 9.17) is 14.2 Å². The first-order chi connectivity index (χ1) is 14.2. The number of benzene rings is 3. The zero-order valence-electron chi connectivity index (χ0n) is 16.7. The van der Waals surface area contributed by atoms with Gasteiger partial charge in [0, 0.05) is 23.5 Å². The smallest absolute Gasteiger partial charge is 0.165 e. The van der Waals surface area contributed by atoms with E-state index in [1.54, 1.807) is 21.3 Å². The van der Waals surface area contributed by atoms with Crippen LogP contribution in [0.2, 0.25) is 0 Å². The molecule has 3 aromatic carbocycles. The van der Waals surface area contributed by atoms with Crippen molar-refractivity contribution in [2.24, 2.45) is 0 Å². The van der Waals surface area contributed by atoms with Crippen molar-refractivity contribution in [1.29, 1.82) is 0 Å². The van der Waals surface area contributed by atoms with E-state index < -0.39 is 0 Å². The van der Waals surface area contributed by atoms with E-state index in [-0.39, 0.29) is 0 Å². The molecule has 1 aromatic heterocycles. The summed E-state index contributed by atoms with van der Waals surface area (Å²) in [7, 11) is 4.96. The molecule has 6 heteroatoms. The van der Waals surface area contributed by atoms with Gasteiger partial charge in [-0.1, -0.05) is 12.1 Å². The molecule has 4 rings (SSSR count). The van der Waals surface area contributed by atoms with Crippen LogP contribution in [0.1, 0.15) is 5.56 Å². The minimum absolute atomic E-state index is 0.616. The fourth-order valence-electron chi connectivity index (χ4n) is 3.36. The predicted molar refractivity (Wildman–Crippen MR) is 114 cm³/mol. The number of methoxy groups -OCH3 is 3. The van der Waals surface area contributed by atoms with Gasteiger partial charge >= 0.3 is 0 Å². The standard InChI is InChI=1S/C23H23N3O3/c1-27-19-10-8-18(9-11-19)26-15-25-20-13-17(7-12-21(20)26)24-14-16-5-4-6-22(28-2)23(16)29-3/h4-13,15,24H,14H2,1-3H3. The maximum absolute atomic E-state index is 5.51. The Morgan fingerprint density at radius 1 is 0.897 bits per heavy atom. The molecule has 0 saturated heterocycles. The number of nitrogens with zero attached hydrogens (tertiary/aromatic N) is 2.